The molecule has 398 valence electrons. The van der Waals surface area contributed by atoms with Crippen LogP contribution in [0, 0.1) is 20.8 Å². The van der Waals surface area contributed by atoms with Gasteiger partial charge in [-0.2, -0.15) is 0 Å². The van der Waals surface area contributed by atoms with Crippen molar-refractivity contribution >= 4 is 119 Å². The van der Waals surface area contributed by atoms with E-state index in [1.807, 2.05) is 0 Å². The molecule has 0 radical (unpaired) electrons. The Bertz CT molecular complexity index is 3680. The van der Waals surface area contributed by atoms with Gasteiger partial charge in [0, 0.05) is 75.6 Å². The highest BCUT2D eigenvalue weighted by molar-refractivity contribution is 7.29. The summed E-state index contributed by atoms with van der Waals surface area (Å²) in [6.45, 7) is 6.36. The van der Waals surface area contributed by atoms with Gasteiger partial charge in [0.15, 0.2) is 0 Å². The van der Waals surface area contributed by atoms with E-state index < -0.39 is 0 Å². The van der Waals surface area contributed by atoms with Gasteiger partial charge >= 0.3 is 0 Å². The molecule has 0 saturated carbocycles. The molecule has 0 unspecified atom stereocenters. The summed E-state index contributed by atoms with van der Waals surface area (Å²) in [7, 11) is 10.5. The molecular weight excluding hydrogens is 1160 g/mol. The molecule has 0 spiro atoms. The van der Waals surface area contributed by atoms with Gasteiger partial charge < -0.3 is 33.3 Å². The maximum absolute atomic E-state index is 6.02. The Kier molecular flexibility index (Phi) is 15.2. The fraction of sp³-hybridized carbons (Fsp3) is 0.143. The van der Waals surface area contributed by atoms with E-state index >= 15 is 0 Å². The number of rotatable bonds is 18. The Balaban J connectivity index is 0.867. The lowest BCUT2D eigenvalue weighted by atomic mass is 10.1. The van der Waals surface area contributed by atoms with Crippen LogP contribution in [0.4, 0.5) is 17.1 Å². The Labute approximate surface area is 496 Å². The maximum Gasteiger partial charge on any atom is 0.138 e. The van der Waals surface area contributed by atoms with Crippen molar-refractivity contribution in [1.29, 1.82) is 0 Å². The third-order valence-corrected chi connectivity index (χ3v) is 24.2. The van der Waals surface area contributed by atoms with E-state index in [1.165, 1.54) is 29.3 Å². The lowest BCUT2D eigenvalue weighted by Gasteiger charge is -2.26. The van der Waals surface area contributed by atoms with Crippen LogP contribution in [0.15, 0.2) is 146 Å². The van der Waals surface area contributed by atoms with Crippen LogP contribution in [0.2, 0.25) is 0 Å². The maximum atomic E-state index is 6.02. The van der Waals surface area contributed by atoms with Crippen LogP contribution in [0.5, 0.6) is 34.5 Å². The number of hydrogen-bond acceptors (Lipinski definition) is 16. The van der Waals surface area contributed by atoms with Crippen LogP contribution < -0.4 is 33.3 Å². The fourth-order valence-corrected chi connectivity index (χ4v) is 19.5. The second-order valence-corrected chi connectivity index (χ2v) is 28.4. The topological polar surface area (TPSA) is 58.6 Å². The SMILES string of the molecule is COc1cc(C)sc1-c1ccc(-c2sc(-c3ccc(N(c4ccc(-c5cc(OC)c(-c6ccc(-c7sc(C)cc7OC)s6)s5)cc4)c4ccc(-c5cc(OC)c(-c6ccc(-c7sc(C)cc7OC)s6)s5)cc4)cc3)cc2OC)s1. The molecule has 12 aromatic rings. The molecule has 9 heterocycles. The van der Waals surface area contributed by atoms with Gasteiger partial charge in [-0.05, 0) is 147 Å². The molecule has 0 bridgehead atoms. The highest BCUT2D eigenvalue weighted by Gasteiger charge is 2.23. The van der Waals surface area contributed by atoms with Crippen LogP contribution in [0.25, 0.3) is 89.8 Å². The van der Waals surface area contributed by atoms with Gasteiger partial charge in [0.25, 0.3) is 0 Å². The van der Waals surface area contributed by atoms with Crippen molar-refractivity contribution in [3.05, 3.63) is 160 Å². The standard InChI is InChI=1S/C63H51NO6S9/c1-34-28-43(65-4)58(71-34)49-22-25-52(74-49)61-46(68-7)31-55(77-61)37-10-16-40(17-11-37)64(41-18-12-38(13-19-41)56-32-47(69-8)62(78-56)53-26-23-50(75-53)59-44(66-5)29-35(2)72-59)42-20-14-39(15-21-42)57-33-48(70-9)63(79-57)54-27-24-51(76-54)60-45(67-6)30-36(3)73-60/h10-33H,1-9H3. The van der Waals surface area contributed by atoms with Crippen molar-refractivity contribution in [3.8, 4) is 124 Å². The Morgan fingerprint density at radius 2 is 0.456 bits per heavy atom. The fourth-order valence-electron chi connectivity index (χ4n) is 9.48. The molecule has 0 amide bonds. The highest BCUT2D eigenvalue weighted by atomic mass is 32.1. The van der Waals surface area contributed by atoms with Gasteiger partial charge in [-0.1, -0.05) is 36.4 Å². The minimum atomic E-state index is 0.864. The van der Waals surface area contributed by atoms with Crippen molar-refractivity contribution in [2.75, 3.05) is 47.6 Å². The van der Waals surface area contributed by atoms with E-state index in [0.29, 0.717) is 0 Å². The Morgan fingerprint density at radius 1 is 0.241 bits per heavy atom. The molecular formula is C63H51NO6S9. The van der Waals surface area contributed by atoms with Crippen molar-refractivity contribution in [2.24, 2.45) is 0 Å². The lowest BCUT2D eigenvalue weighted by molar-refractivity contribution is 0.418. The summed E-state index contributed by atoms with van der Waals surface area (Å²) in [6.07, 6.45) is 0. The zero-order chi connectivity index (χ0) is 54.5. The van der Waals surface area contributed by atoms with Crippen LogP contribution in [-0.2, 0) is 0 Å². The van der Waals surface area contributed by atoms with Gasteiger partial charge in [-0.3, -0.25) is 0 Å². The number of anilines is 3. The van der Waals surface area contributed by atoms with E-state index in [4.69, 9.17) is 28.4 Å². The molecule has 0 atom stereocenters. The van der Waals surface area contributed by atoms with Crippen LogP contribution in [0.3, 0.4) is 0 Å². The van der Waals surface area contributed by atoms with E-state index in [1.54, 1.807) is 145 Å². The number of hydrogen-bond donors (Lipinski definition) is 0. The van der Waals surface area contributed by atoms with Gasteiger partial charge in [0.1, 0.15) is 34.5 Å². The molecule has 7 nitrogen and oxygen atoms in total. The minimum absolute atomic E-state index is 0.864. The van der Waals surface area contributed by atoms with Crippen molar-refractivity contribution in [3.63, 3.8) is 0 Å². The van der Waals surface area contributed by atoms with Gasteiger partial charge in [0.05, 0.1) is 71.9 Å². The molecule has 9 aromatic heterocycles. The van der Waals surface area contributed by atoms with Gasteiger partial charge in [-0.15, -0.1) is 102 Å². The second-order valence-electron chi connectivity index (χ2n) is 18.3. The number of methoxy groups -OCH3 is 6. The van der Waals surface area contributed by atoms with Crippen LogP contribution in [0.1, 0.15) is 14.6 Å². The number of thiophene rings is 9. The first kappa shape index (κ1) is 53.2. The van der Waals surface area contributed by atoms with Gasteiger partial charge in [0.2, 0.25) is 0 Å². The van der Waals surface area contributed by atoms with Crippen molar-refractivity contribution in [2.45, 2.75) is 20.8 Å². The molecule has 0 aliphatic rings. The molecule has 16 heteroatoms. The lowest BCUT2D eigenvalue weighted by Crippen LogP contribution is -2.09. The third kappa shape index (κ3) is 10.4. The molecule has 3 aromatic carbocycles. The van der Waals surface area contributed by atoms with Crippen molar-refractivity contribution in [1.82, 2.24) is 0 Å². The summed E-state index contributed by atoms with van der Waals surface area (Å²) in [5.41, 5.74) is 6.46. The first-order chi connectivity index (χ1) is 38.5. The molecule has 79 heavy (non-hydrogen) atoms. The monoisotopic (exact) mass is 1210 g/mol. The predicted molar refractivity (Wildman–Crippen MR) is 344 cm³/mol. The van der Waals surface area contributed by atoms with Gasteiger partial charge in [-0.25, -0.2) is 0 Å². The first-order valence-electron chi connectivity index (χ1n) is 24.9. The summed E-state index contributed by atoms with van der Waals surface area (Å²) in [5.74, 6) is 5.33. The zero-order valence-corrected chi connectivity index (χ0v) is 51.8. The molecule has 0 saturated heterocycles. The Morgan fingerprint density at radius 3 is 0.684 bits per heavy atom. The summed E-state index contributed by atoms with van der Waals surface area (Å²) >= 11 is 15.8. The first-order valence-corrected chi connectivity index (χ1v) is 32.3. The van der Waals surface area contributed by atoms with Crippen LogP contribution >= 0.6 is 102 Å². The number of benzene rings is 3. The summed E-state index contributed by atoms with van der Waals surface area (Å²) < 4.78 is 35.3. The average Bonchev–Trinajstić information content (AvgIpc) is 4.43. The minimum Gasteiger partial charge on any atom is -0.495 e. The normalized spacial score (nSPS) is 11.4. The number of ether oxygens (including phenoxy) is 6. The number of nitrogens with zero attached hydrogens (tertiary/aromatic N) is 1. The zero-order valence-electron chi connectivity index (χ0n) is 44.4. The van der Waals surface area contributed by atoms with E-state index in [0.717, 1.165) is 127 Å². The second kappa shape index (κ2) is 22.6. The smallest absolute Gasteiger partial charge is 0.138 e. The number of aryl methyl sites for hydroxylation is 3. The molecule has 0 aliphatic heterocycles. The highest BCUT2D eigenvalue weighted by Crippen LogP contribution is 2.53. The van der Waals surface area contributed by atoms with Crippen LogP contribution in [-0.4, -0.2) is 42.7 Å². The van der Waals surface area contributed by atoms with Crippen molar-refractivity contribution < 1.29 is 28.4 Å². The Hall–Kier alpha value is -6.44. The molecule has 12 rings (SSSR count). The van der Waals surface area contributed by atoms with E-state index in [9.17, 15) is 0 Å². The molecule has 0 aliphatic carbocycles. The van der Waals surface area contributed by atoms with E-state index in [2.05, 4.69) is 171 Å². The average molecular weight is 1210 g/mol. The molecule has 0 N–H and O–H groups in total. The quantitative estimate of drug-likeness (QED) is 0.0848. The summed E-state index contributed by atoms with van der Waals surface area (Å²) in [5, 5.41) is 0. The summed E-state index contributed by atoms with van der Waals surface area (Å²) in [6, 6.07) is 52.6. The van der Waals surface area contributed by atoms with E-state index in [-0.39, 0.29) is 0 Å². The summed E-state index contributed by atoms with van der Waals surface area (Å²) in [4.78, 5) is 23.3. The molecule has 0 fully saturated rings. The predicted octanol–water partition coefficient (Wildman–Crippen LogP) is 21.7. The largest absolute Gasteiger partial charge is 0.495 e. The third-order valence-electron chi connectivity index (χ3n) is 13.3.